The molecule has 0 bridgehead atoms. The van der Waals surface area contributed by atoms with Gasteiger partial charge in [-0.15, -0.1) is 0 Å². The van der Waals surface area contributed by atoms with Crippen molar-refractivity contribution in [3.05, 3.63) is 99.9 Å². The van der Waals surface area contributed by atoms with Crippen LogP contribution in [0.5, 0.6) is 0 Å². The SMILES string of the molecule is O=C(Nc1ccncc1[N+](=O)[O-])C(Cc1ccccc1)N1C(=O)c2ccccc2C1=O. The summed E-state index contributed by atoms with van der Waals surface area (Å²) in [6.45, 7) is 0. The standard InChI is InChI=1S/C22H16N4O5/c27-20(24-17-10-11-23-13-19(17)26(30)31)18(12-14-6-2-1-3-7-14)25-21(28)15-8-4-5-9-16(15)22(25)29/h1-11,13,18H,12H2,(H,23,24,27). The molecular formula is C22H16N4O5. The number of amides is 3. The van der Waals surface area contributed by atoms with Crippen LogP contribution < -0.4 is 5.32 Å². The molecule has 0 spiro atoms. The monoisotopic (exact) mass is 416 g/mol. The van der Waals surface area contributed by atoms with Crippen LogP contribution in [0.25, 0.3) is 0 Å². The predicted octanol–water partition coefficient (Wildman–Crippen LogP) is 2.84. The molecule has 2 aromatic carbocycles. The minimum atomic E-state index is -1.21. The van der Waals surface area contributed by atoms with Crippen molar-refractivity contribution in [2.75, 3.05) is 5.32 Å². The van der Waals surface area contributed by atoms with Gasteiger partial charge in [-0.05, 0) is 23.8 Å². The number of nitro groups is 1. The summed E-state index contributed by atoms with van der Waals surface area (Å²) in [4.78, 5) is 54.4. The molecule has 154 valence electrons. The van der Waals surface area contributed by atoms with Crippen molar-refractivity contribution in [3.63, 3.8) is 0 Å². The molecule has 0 saturated carbocycles. The van der Waals surface area contributed by atoms with Gasteiger partial charge < -0.3 is 5.32 Å². The van der Waals surface area contributed by atoms with Crippen LogP contribution >= 0.6 is 0 Å². The summed E-state index contributed by atoms with van der Waals surface area (Å²) < 4.78 is 0. The molecule has 1 unspecified atom stereocenters. The molecule has 4 rings (SSSR count). The Morgan fingerprint density at radius 1 is 1.00 bits per heavy atom. The van der Waals surface area contributed by atoms with Crippen LogP contribution in [0.2, 0.25) is 0 Å². The fourth-order valence-corrected chi connectivity index (χ4v) is 3.48. The molecule has 9 heteroatoms. The molecule has 2 heterocycles. The number of nitrogens with zero attached hydrogens (tertiary/aromatic N) is 3. The number of carbonyl (C=O) groups is 3. The zero-order valence-electron chi connectivity index (χ0n) is 16.1. The first-order valence-corrected chi connectivity index (χ1v) is 9.37. The zero-order valence-corrected chi connectivity index (χ0v) is 16.1. The van der Waals surface area contributed by atoms with Crippen LogP contribution in [0.1, 0.15) is 26.3 Å². The lowest BCUT2D eigenvalue weighted by molar-refractivity contribution is -0.384. The molecule has 1 atom stereocenters. The van der Waals surface area contributed by atoms with Crippen molar-refractivity contribution in [3.8, 4) is 0 Å². The number of anilines is 1. The molecule has 1 aliphatic rings. The number of hydrogen-bond donors (Lipinski definition) is 1. The molecule has 9 nitrogen and oxygen atoms in total. The van der Waals surface area contributed by atoms with E-state index in [-0.39, 0.29) is 23.2 Å². The van der Waals surface area contributed by atoms with Gasteiger partial charge in [-0.3, -0.25) is 34.4 Å². The van der Waals surface area contributed by atoms with Gasteiger partial charge in [0.25, 0.3) is 11.8 Å². The van der Waals surface area contributed by atoms with Crippen molar-refractivity contribution >= 4 is 29.1 Å². The van der Waals surface area contributed by atoms with Gasteiger partial charge >= 0.3 is 5.69 Å². The smallest absolute Gasteiger partial charge is 0.310 e. The third kappa shape index (κ3) is 3.76. The lowest BCUT2D eigenvalue weighted by atomic mass is 10.0. The van der Waals surface area contributed by atoms with Crippen molar-refractivity contribution in [2.45, 2.75) is 12.5 Å². The van der Waals surface area contributed by atoms with E-state index in [1.54, 1.807) is 42.5 Å². The lowest BCUT2D eigenvalue weighted by Gasteiger charge is -2.25. The van der Waals surface area contributed by atoms with Crippen molar-refractivity contribution in [1.29, 1.82) is 0 Å². The second kappa shape index (κ2) is 8.15. The minimum absolute atomic E-state index is 0.0526. The molecule has 0 fully saturated rings. The molecule has 0 radical (unpaired) electrons. The Hall–Kier alpha value is -4.40. The highest BCUT2D eigenvalue weighted by Gasteiger charge is 2.43. The molecule has 1 N–H and O–H groups in total. The van der Waals surface area contributed by atoms with Crippen LogP contribution in [0.15, 0.2) is 73.1 Å². The molecule has 31 heavy (non-hydrogen) atoms. The van der Waals surface area contributed by atoms with Crippen molar-refractivity contribution < 1.29 is 19.3 Å². The Morgan fingerprint density at radius 2 is 1.61 bits per heavy atom. The number of nitrogens with one attached hydrogen (secondary N) is 1. The Kier molecular flexibility index (Phi) is 5.23. The molecule has 0 aliphatic carbocycles. The zero-order chi connectivity index (χ0) is 22.0. The Morgan fingerprint density at radius 3 is 2.23 bits per heavy atom. The van der Waals surface area contributed by atoms with Gasteiger partial charge in [0.15, 0.2) is 0 Å². The Bertz CT molecular complexity index is 1160. The van der Waals surface area contributed by atoms with Crippen molar-refractivity contribution in [1.82, 2.24) is 9.88 Å². The van der Waals surface area contributed by atoms with E-state index >= 15 is 0 Å². The average molecular weight is 416 g/mol. The highest BCUT2D eigenvalue weighted by molar-refractivity contribution is 6.23. The molecule has 3 aromatic rings. The molecular weight excluding hydrogens is 400 g/mol. The number of pyridine rings is 1. The normalized spacial score (nSPS) is 13.6. The van der Waals surface area contributed by atoms with E-state index in [0.717, 1.165) is 16.7 Å². The largest absolute Gasteiger partial charge is 0.318 e. The summed E-state index contributed by atoms with van der Waals surface area (Å²) >= 11 is 0. The van der Waals surface area contributed by atoms with Crippen LogP contribution in [0.3, 0.4) is 0 Å². The van der Waals surface area contributed by atoms with E-state index in [1.165, 1.54) is 24.4 Å². The number of rotatable bonds is 6. The summed E-state index contributed by atoms with van der Waals surface area (Å²) in [7, 11) is 0. The highest BCUT2D eigenvalue weighted by Crippen LogP contribution is 2.28. The van der Waals surface area contributed by atoms with Crippen molar-refractivity contribution in [2.24, 2.45) is 0 Å². The topological polar surface area (TPSA) is 123 Å². The van der Waals surface area contributed by atoms with Gasteiger partial charge in [0.1, 0.15) is 17.9 Å². The van der Waals surface area contributed by atoms with E-state index in [2.05, 4.69) is 10.3 Å². The molecule has 0 saturated heterocycles. The number of carbonyl (C=O) groups excluding carboxylic acids is 3. The van der Waals surface area contributed by atoms with Crippen LogP contribution in [0.4, 0.5) is 11.4 Å². The second-order valence-electron chi connectivity index (χ2n) is 6.87. The van der Waals surface area contributed by atoms with Crippen LogP contribution in [0, 0.1) is 10.1 Å². The maximum Gasteiger partial charge on any atom is 0.310 e. The van der Waals surface area contributed by atoms with Gasteiger partial charge in [0, 0.05) is 12.6 Å². The average Bonchev–Trinajstić information content (AvgIpc) is 3.03. The molecule has 3 amide bonds. The third-order valence-electron chi connectivity index (χ3n) is 4.97. The predicted molar refractivity (Wildman–Crippen MR) is 110 cm³/mol. The number of benzene rings is 2. The van der Waals surface area contributed by atoms with Gasteiger partial charge in [0.05, 0.1) is 16.1 Å². The quantitative estimate of drug-likeness (QED) is 0.374. The van der Waals surface area contributed by atoms with E-state index in [1.807, 2.05) is 0 Å². The fourth-order valence-electron chi connectivity index (χ4n) is 3.48. The first kappa shape index (κ1) is 19.9. The van der Waals surface area contributed by atoms with Gasteiger partial charge in [-0.2, -0.15) is 0 Å². The summed E-state index contributed by atoms with van der Waals surface area (Å²) in [5.74, 6) is -1.88. The Balaban J connectivity index is 1.71. The summed E-state index contributed by atoms with van der Waals surface area (Å²) in [6.07, 6.45) is 2.37. The van der Waals surface area contributed by atoms with Crippen LogP contribution in [-0.2, 0) is 11.2 Å². The number of imide groups is 1. The highest BCUT2D eigenvalue weighted by atomic mass is 16.6. The van der Waals surface area contributed by atoms with E-state index in [4.69, 9.17) is 0 Å². The fraction of sp³-hybridized carbons (Fsp3) is 0.0909. The number of aromatic nitrogens is 1. The van der Waals surface area contributed by atoms with E-state index < -0.39 is 34.4 Å². The first-order chi connectivity index (χ1) is 15.0. The van der Waals surface area contributed by atoms with Gasteiger partial charge in [-0.1, -0.05) is 42.5 Å². The van der Waals surface area contributed by atoms with Gasteiger partial charge in [-0.25, -0.2) is 0 Å². The third-order valence-corrected chi connectivity index (χ3v) is 4.97. The van der Waals surface area contributed by atoms with E-state index in [0.29, 0.717) is 0 Å². The lowest BCUT2D eigenvalue weighted by Crippen LogP contribution is -2.48. The van der Waals surface area contributed by atoms with Crippen LogP contribution in [-0.4, -0.2) is 38.6 Å². The number of hydrogen-bond acceptors (Lipinski definition) is 6. The Labute approximate surface area is 176 Å². The minimum Gasteiger partial charge on any atom is -0.318 e. The summed E-state index contributed by atoms with van der Waals surface area (Å²) in [5.41, 5.74) is 0.696. The molecule has 1 aliphatic heterocycles. The summed E-state index contributed by atoms with van der Waals surface area (Å²) in [5, 5.41) is 13.8. The maximum absolute atomic E-state index is 13.2. The molecule has 1 aromatic heterocycles. The van der Waals surface area contributed by atoms with Gasteiger partial charge in [0.2, 0.25) is 5.91 Å². The maximum atomic E-state index is 13.2. The summed E-state index contributed by atoms with van der Waals surface area (Å²) in [6, 6.07) is 15.3. The second-order valence-corrected chi connectivity index (χ2v) is 6.87. The van der Waals surface area contributed by atoms with E-state index in [9.17, 15) is 24.5 Å². The first-order valence-electron chi connectivity index (χ1n) is 9.37. The number of fused-ring (bicyclic) bond motifs is 1.